The molecule has 0 aliphatic carbocycles. The number of rotatable bonds is 7. The molecule has 3 rings (SSSR count). The molecule has 1 fully saturated rings. The van der Waals surface area contributed by atoms with Crippen molar-refractivity contribution in [2.45, 2.75) is 38.4 Å². The first-order chi connectivity index (χ1) is 15.1. The Balaban J connectivity index is 1.55. The van der Waals surface area contributed by atoms with Crippen molar-refractivity contribution >= 4 is 21.4 Å². The van der Waals surface area contributed by atoms with Crippen LogP contribution in [0.25, 0.3) is 0 Å². The van der Waals surface area contributed by atoms with Crippen molar-refractivity contribution in [3.05, 3.63) is 65.0 Å². The second kappa shape index (κ2) is 10.1. The highest BCUT2D eigenvalue weighted by Gasteiger charge is 2.24. The molecule has 1 heterocycles. The number of hydrogen-bond donors (Lipinski definition) is 1. The van der Waals surface area contributed by atoms with Crippen molar-refractivity contribution in [3.8, 4) is 6.07 Å². The van der Waals surface area contributed by atoms with E-state index >= 15 is 0 Å². The van der Waals surface area contributed by atoms with Crippen LogP contribution in [0.15, 0.2) is 42.5 Å². The minimum absolute atomic E-state index is 0.00310. The highest BCUT2D eigenvalue weighted by molar-refractivity contribution is 7.91. The van der Waals surface area contributed by atoms with Gasteiger partial charge in [0.15, 0.2) is 9.84 Å². The fourth-order valence-electron chi connectivity index (χ4n) is 3.72. The molecule has 2 atom stereocenters. The Morgan fingerprint density at radius 2 is 1.78 bits per heavy atom. The van der Waals surface area contributed by atoms with Crippen LogP contribution in [0.3, 0.4) is 0 Å². The first-order valence-electron chi connectivity index (χ1n) is 10.3. The zero-order valence-corrected chi connectivity index (χ0v) is 18.9. The van der Waals surface area contributed by atoms with E-state index in [4.69, 9.17) is 10.00 Å². The number of nitrogens with one attached hydrogen (secondary N) is 1. The van der Waals surface area contributed by atoms with E-state index in [9.17, 15) is 17.6 Å². The van der Waals surface area contributed by atoms with Gasteiger partial charge >= 0.3 is 0 Å². The lowest BCUT2D eigenvalue weighted by Gasteiger charge is -2.37. The first-order valence-corrected chi connectivity index (χ1v) is 12.1. The number of benzene rings is 2. The van der Waals surface area contributed by atoms with Crippen molar-refractivity contribution in [3.63, 3.8) is 0 Å². The maximum Gasteiger partial charge on any atom is 0.235 e. The molecule has 1 amide bonds. The highest BCUT2D eigenvalue weighted by Crippen LogP contribution is 2.24. The number of anilines is 1. The van der Waals surface area contributed by atoms with Gasteiger partial charge in [-0.2, -0.15) is 5.26 Å². The second-order valence-corrected chi connectivity index (χ2v) is 10.1. The van der Waals surface area contributed by atoms with E-state index in [2.05, 4.69) is 5.32 Å². The van der Waals surface area contributed by atoms with Gasteiger partial charge in [0, 0.05) is 19.6 Å². The summed E-state index contributed by atoms with van der Waals surface area (Å²) in [5, 5.41) is 11.3. The lowest BCUT2D eigenvalue weighted by Crippen LogP contribution is -2.45. The van der Waals surface area contributed by atoms with Gasteiger partial charge in [-0.25, -0.2) is 12.8 Å². The average molecular weight is 460 g/mol. The van der Waals surface area contributed by atoms with Crippen LogP contribution in [-0.2, 0) is 31.7 Å². The molecule has 7 nitrogen and oxygen atoms in total. The number of morpholine rings is 1. The third-order valence-corrected chi connectivity index (χ3v) is 6.56. The van der Waals surface area contributed by atoms with Crippen LogP contribution in [0.2, 0.25) is 0 Å². The van der Waals surface area contributed by atoms with Gasteiger partial charge in [0.25, 0.3) is 0 Å². The Labute approximate surface area is 187 Å². The zero-order valence-electron chi connectivity index (χ0n) is 18.0. The van der Waals surface area contributed by atoms with Crippen LogP contribution in [-0.4, -0.2) is 45.4 Å². The van der Waals surface area contributed by atoms with Crippen LogP contribution in [0, 0.1) is 17.1 Å². The van der Waals surface area contributed by atoms with Gasteiger partial charge < -0.3 is 15.0 Å². The van der Waals surface area contributed by atoms with Gasteiger partial charge in [0.05, 0.1) is 35.3 Å². The fraction of sp³-hybridized carbons (Fsp3) is 0.391. The number of nitrogens with zero attached hydrogens (tertiary/aromatic N) is 2. The number of carbonyl (C=O) groups is 1. The summed E-state index contributed by atoms with van der Waals surface area (Å²) in [6, 6.07) is 12.9. The maximum absolute atomic E-state index is 14.7. The molecule has 2 aromatic carbocycles. The summed E-state index contributed by atoms with van der Waals surface area (Å²) in [7, 11) is -3.69. The van der Waals surface area contributed by atoms with Crippen molar-refractivity contribution < 1.29 is 22.3 Å². The Kier molecular flexibility index (Phi) is 7.48. The minimum Gasteiger partial charge on any atom is -0.372 e. The number of halogens is 1. The van der Waals surface area contributed by atoms with E-state index in [-0.39, 0.29) is 24.5 Å². The molecular weight excluding hydrogens is 433 g/mol. The molecule has 0 radical (unpaired) electrons. The third-order valence-electron chi connectivity index (χ3n) is 5.08. The number of nitriles is 1. The maximum atomic E-state index is 14.7. The van der Waals surface area contributed by atoms with E-state index in [0.29, 0.717) is 35.5 Å². The van der Waals surface area contributed by atoms with Gasteiger partial charge in [-0.05, 0) is 49.2 Å². The third kappa shape index (κ3) is 6.52. The predicted molar refractivity (Wildman–Crippen MR) is 119 cm³/mol. The summed E-state index contributed by atoms with van der Waals surface area (Å²) >= 11 is 0. The molecular formula is C23H26FN3O4S. The summed E-state index contributed by atoms with van der Waals surface area (Å²) < 4.78 is 45.0. The van der Waals surface area contributed by atoms with E-state index in [0.717, 1.165) is 0 Å². The number of hydrogen-bond acceptors (Lipinski definition) is 6. The van der Waals surface area contributed by atoms with Crippen molar-refractivity contribution in [2.24, 2.45) is 0 Å². The van der Waals surface area contributed by atoms with E-state index in [1.165, 1.54) is 18.2 Å². The van der Waals surface area contributed by atoms with E-state index < -0.39 is 27.3 Å². The highest BCUT2D eigenvalue weighted by atomic mass is 32.2. The summed E-state index contributed by atoms with van der Waals surface area (Å²) in [6.45, 7) is 5.10. The molecule has 2 unspecified atom stereocenters. The summed E-state index contributed by atoms with van der Waals surface area (Å²) in [5.41, 5.74) is 1.95. The molecule has 0 aromatic heterocycles. The predicted octanol–water partition coefficient (Wildman–Crippen LogP) is 2.54. The molecule has 0 bridgehead atoms. The smallest absolute Gasteiger partial charge is 0.235 e. The Bertz CT molecular complexity index is 1100. The minimum atomic E-state index is -3.69. The first kappa shape index (κ1) is 23.7. The average Bonchev–Trinajstić information content (AvgIpc) is 2.71. The molecule has 0 saturated carbocycles. The lowest BCUT2D eigenvalue weighted by atomic mass is 10.1. The number of sulfone groups is 1. The Hall–Kier alpha value is -2.96. The van der Waals surface area contributed by atoms with E-state index in [1.807, 2.05) is 24.8 Å². The van der Waals surface area contributed by atoms with Crippen LogP contribution >= 0.6 is 0 Å². The SMILES string of the molecule is CC1CN(c2ccc(CNC(=O)CS(=O)(=O)Cc3ccc(C#N)cc3)cc2F)CC(C)O1. The number of carbonyl (C=O) groups excluding carboxylic acids is 1. The molecule has 9 heteroatoms. The van der Waals surface area contributed by atoms with Crippen LogP contribution in [0.5, 0.6) is 0 Å². The Morgan fingerprint density at radius 1 is 1.16 bits per heavy atom. The molecule has 2 aromatic rings. The largest absolute Gasteiger partial charge is 0.372 e. The zero-order chi connectivity index (χ0) is 23.3. The lowest BCUT2D eigenvalue weighted by molar-refractivity contribution is -0.118. The van der Waals surface area contributed by atoms with Crippen LogP contribution in [0.4, 0.5) is 10.1 Å². The molecule has 1 aliphatic rings. The fourth-order valence-corrected chi connectivity index (χ4v) is 5.03. The van der Waals surface area contributed by atoms with Gasteiger partial charge in [-0.15, -0.1) is 0 Å². The molecule has 1 saturated heterocycles. The standard InChI is InChI=1S/C23H26FN3O4S/c1-16-12-27(13-17(2)31-16)22-8-7-20(9-21(22)24)11-26-23(28)15-32(29,30)14-19-5-3-18(10-25)4-6-19/h3-9,16-17H,11-15H2,1-2H3,(H,26,28). The molecule has 0 spiro atoms. The van der Waals surface area contributed by atoms with Gasteiger partial charge in [0.2, 0.25) is 5.91 Å². The number of ether oxygens (including phenoxy) is 1. The summed E-state index contributed by atoms with van der Waals surface area (Å²) in [5.74, 6) is -2.02. The summed E-state index contributed by atoms with van der Waals surface area (Å²) in [6.07, 6.45) is 0.00619. The van der Waals surface area contributed by atoms with Crippen molar-refractivity contribution in [2.75, 3.05) is 23.7 Å². The van der Waals surface area contributed by atoms with Crippen molar-refractivity contribution in [1.29, 1.82) is 5.26 Å². The van der Waals surface area contributed by atoms with Gasteiger partial charge in [-0.1, -0.05) is 18.2 Å². The van der Waals surface area contributed by atoms with Gasteiger partial charge in [0.1, 0.15) is 11.6 Å². The molecule has 1 aliphatic heterocycles. The van der Waals surface area contributed by atoms with Crippen LogP contribution < -0.4 is 10.2 Å². The number of amides is 1. The van der Waals surface area contributed by atoms with Crippen molar-refractivity contribution in [1.82, 2.24) is 5.32 Å². The summed E-state index contributed by atoms with van der Waals surface area (Å²) in [4.78, 5) is 14.1. The second-order valence-electron chi connectivity index (χ2n) is 8.07. The quantitative estimate of drug-likeness (QED) is 0.683. The Morgan fingerprint density at radius 3 is 2.38 bits per heavy atom. The topological polar surface area (TPSA) is 99.5 Å². The molecule has 170 valence electrons. The molecule has 32 heavy (non-hydrogen) atoms. The van der Waals surface area contributed by atoms with Crippen LogP contribution in [0.1, 0.15) is 30.5 Å². The van der Waals surface area contributed by atoms with Gasteiger partial charge in [-0.3, -0.25) is 4.79 Å². The molecule has 1 N–H and O–H groups in total. The monoisotopic (exact) mass is 459 g/mol. The van der Waals surface area contributed by atoms with E-state index in [1.54, 1.807) is 24.3 Å². The normalized spacial score (nSPS) is 18.8.